The van der Waals surface area contributed by atoms with Crippen molar-refractivity contribution in [2.24, 2.45) is 0 Å². The highest BCUT2D eigenvalue weighted by Gasteiger charge is 2.20. The molecule has 1 aliphatic rings. The van der Waals surface area contributed by atoms with Crippen LogP contribution in [0.15, 0.2) is 48.5 Å². The molecule has 0 bridgehead atoms. The molecule has 1 heterocycles. The number of nitrogens with one attached hydrogen (secondary N) is 1. The van der Waals surface area contributed by atoms with Crippen LogP contribution < -0.4 is 5.32 Å². The van der Waals surface area contributed by atoms with Gasteiger partial charge in [0.2, 0.25) is 5.91 Å². The fraction of sp³-hybridized carbons (Fsp3) is 0.250. The van der Waals surface area contributed by atoms with Crippen molar-refractivity contribution in [2.45, 2.75) is 25.9 Å². The summed E-state index contributed by atoms with van der Waals surface area (Å²) in [5.41, 5.74) is 2.34. The number of carbonyl (C=O) groups is 3. The molecule has 6 nitrogen and oxygen atoms in total. The van der Waals surface area contributed by atoms with E-state index in [1.54, 1.807) is 12.1 Å². The van der Waals surface area contributed by atoms with Gasteiger partial charge in [-0.2, -0.15) is 0 Å². The quantitative estimate of drug-likeness (QED) is 0.836. The van der Waals surface area contributed by atoms with Gasteiger partial charge in [0.15, 0.2) is 0 Å². The fourth-order valence-corrected chi connectivity index (χ4v) is 3.01. The number of hydrogen-bond donors (Lipinski definition) is 2. The van der Waals surface area contributed by atoms with Gasteiger partial charge in [-0.15, -0.1) is 0 Å². The molecule has 0 saturated carbocycles. The van der Waals surface area contributed by atoms with Crippen molar-refractivity contribution in [3.63, 3.8) is 0 Å². The molecular weight excluding hydrogens is 332 g/mol. The molecule has 1 aliphatic heterocycles. The lowest BCUT2D eigenvalue weighted by Crippen LogP contribution is -2.24. The Hall–Kier alpha value is -3.15. The van der Waals surface area contributed by atoms with E-state index in [0.717, 1.165) is 24.1 Å². The molecule has 0 radical (unpaired) electrons. The number of carboxylic acids is 1. The number of carbonyl (C=O) groups excluding carboxylic acids is 2. The van der Waals surface area contributed by atoms with Gasteiger partial charge < -0.3 is 15.3 Å². The summed E-state index contributed by atoms with van der Waals surface area (Å²) in [5, 5.41) is 11.8. The minimum atomic E-state index is -1.07. The van der Waals surface area contributed by atoms with E-state index in [1.165, 1.54) is 12.1 Å². The van der Waals surface area contributed by atoms with Crippen LogP contribution in [0.1, 0.15) is 44.7 Å². The average Bonchev–Trinajstić information content (AvgIpc) is 3.05. The highest BCUT2D eigenvalue weighted by molar-refractivity contribution is 5.97. The number of carboxylic acid groups (broad SMARTS) is 1. The van der Waals surface area contributed by atoms with Gasteiger partial charge in [-0.25, -0.2) is 4.79 Å². The molecule has 1 fully saturated rings. The predicted octanol–water partition coefficient (Wildman–Crippen LogP) is 2.44. The number of rotatable bonds is 6. The monoisotopic (exact) mass is 352 g/mol. The Morgan fingerprint density at radius 1 is 1.04 bits per heavy atom. The van der Waals surface area contributed by atoms with Crippen molar-refractivity contribution < 1.29 is 19.5 Å². The summed E-state index contributed by atoms with van der Waals surface area (Å²) in [6.07, 6.45) is 1.52. The van der Waals surface area contributed by atoms with Gasteiger partial charge in [-0.1, -0.05) is 30.3 Å². The molecular formula is C20H20N2O4. The molecule has 6 heteroatoms. The van der Waals surface area contributed by atoms with Crippen molar-refractivity contribution in [3.05, 3.63) is 70.8 Å². The van der Waals surface area contributed by atoms with Crippen molar-refractivity contribution in [3.8, 4) is 0 Å². The van der Waals surface area contributed by atoms with Crippen LogP contribution in [0.2, 0.25) is 0 Å². The van der Waals surface area contributed by atoms with Crippen LogP contribution in [0.5, 0.6) is 0 Å². The molecule has 2 N–H and O–H groups in total. The van der Waals surface area contributed by atoms with Gasteiger partial charge in [0.05, 0.1) is 5.56 Å². The van der Waals surface area contributed by atoms with Crippen molar-refractivity contribution >= 4 is 17.8 Å². The summed E-state index contributed by atoms with van der Waals surface area (Å²) in [7, 11) is 0. The first-order valence-electron chi connectivity index (χ1n) is 8.50. The number of amides is 2. The van der Waals surface area contributed by atoms with Gasteiger partial charge >= 0.3 is 5.97 Å². The van der Waals surface area contributed by atoms with Crippen LogP contribution in [0.4, 0.5) is 0 Å². The number of aromatic carboxylic acids is 1. The average molecular weight is 352 g/mol. The number of nitrogens with zero attached hydrogens (tertiary/aromatic N) is 1. The maximum absolute atomic E-state index is 12.2. The SMILES string of the molecule is O=C(O)c1cccc(C(=O)NCc2cccc(CN3CCCC3=O)c2)c1. The van der Waals surface area contributed by atoms with Gasteiger partial charge in [-0.3, -0.25) is 9.59 Å². The molecule has 0 aliphatic carbocycles. The van der Waals surface area contributed by atoms with Crippen LogP contribution in [0.25, 0.3) is 0 Å². The van der Waals surface area contributed by atoms with Crippen molar-refractivity contribution in [1.29, 1.82) is 0 Å². The number of benzene rings is 2. The van der Waals surface area contributed by atoms with E-state index < -0.39 is 5.97 Å². The van der Waals surface area contributed by atoms with Crippen LogP contribution in [0, 0.1) is 0 Å². The summed E-state index contributed by atoms with van der Waals surface area (Å²) in [6, 6.07) is 13.7. The van der Waals surface area contributed by atoms with E-state index >= 15 is 0 Å². The van der Waals surface area contributed by atoms with Crippen molar-refractivity contribution in [1.82, 2.24) is 10.2 Å². The van der Waals surface area contributed by atoms with E-state index in [9.17, 15) is 14.4 Å². The Kier molecular flexibility index (Phi) is 5.31. The smallest absolute Gasteiger partial charge is 0.335 e. The molecule has 0 spiro atoms. The standard InChI is InChI=1S/C20H20N2O4/c23-18-8-3-9-22(18)13-15-5-1-4-14(10-15)12-21-19(24)16-6-2-7-17(11-16)20(25)26/h1-2,4-7,10-11H,3,8-9,12-13H2,(H,21,24)(H,25,26). The lowest BCUT2D eigenvalue weighted by molar-refractivity contribution is -0.128. The minimum absolute atomic E-state index is 0.0786. The van der Waals surface area contributed by atoms with E-state index in [2.05, 4.69) is 5.32 Å². The first-order chi connectivity index (χ1) is 12.5. The molecule has 0 unspecified atom stereocenters. The Morgan fingerprint density at radius 3 is 2.50 bits per heavy atom. The third-order valence-electron chi connectivity index (χ3n) is 4.36. The minimum Gasteiger partial charge on any atom is -0.478 e. The van der Waals surface area contributed by atoms with Crippen LogP contribution in [-0.2, 0) is 17.9 Å². The molecule has 134 valence electrons. The summed E-state index contributed by atoms with van der Waals surface area (Å²) < 4.78 is 0. The molecule has 2 amide bonds. The topological polar surface area (TPSA) is 86.7 Å². The maximum atomic E-state index is 12.2. The molecule has 0 aromatic heterocycles. The third-order valence-corrected chi connectivity index (χ3v) is 4.36. The zero-order valence-electron chi connectivity index (χ0n) is 14.3. The molecule has 26 heavy (non-hydrogen) atoms. The second kappa shape index (κ2) is 7.82. The van der Waals surface area contributed by atoms with Crippen LogP contribution in [0.3, 0.4) is 0 Å². The summed E-state index contributed by atoms with van der Waals surface area (Å²) in [4.78, 5) is 36.8. The first kappa shape index (κ1) is 17.7. The fourth-order valence-electron chi connectivity index (χ4n) is 3.01. The lowest BCUT2D eigenvalue weighted by Gasteiger charge is -2.16. The van der Waals surface area contributed by atoms with E-state index in [4.69, 9.17) is 5.11 Å². The Balaban J connectivity index is 1.61. The largest absolute Gasteiger partial charge is 0.478 e. The second-order valence-corrected chi connectivity index (χ2v) is 6.31. The maximum Gasteiger partial charge on any atom is 0.335 e. The van der Waals surface area contributed by atoms with E-state index in [1.807, 2.05) is 29.2 Å². The molecule has 2 aromatic rings. The molecule has 0 atom stereocenters. The number of hydrogen-bond acceptors (Lipinski definition) is 3. The lowest BCUT2D eigenvalue weighted by atomic mass is 10.1. The predicted molar refractivity (Wildman–Crippen MR) is 95.7 cm³/mol. The van der Waals surface area contributed by atoms with Crippen molar-refractivity contribution in [2.75, 3.05) is 6.54 Å². The van der Waals surface area contributed by atoms with Crippen LogP contribution in [-0.4, -0.2) is 34.3 Å². The summed E-state index contributed by atoms with van der Waals surface area (Å²) in [5.74, 6) is -1.21. The summed E-state index contributed by atoms with van der Waals surface area (Å²) >= 11 is 0. The third kappa shape index (κ3) is 4.27. The molecule has 1 saturated heterocycles. The van der Waals surface area contributed by atoms with Gasteiger partial charge in [0.1, 0.15) is 0 Å². The van der Waals surface area contributed by atoms with Gasteiger partial charge in [0.25, 0.3) is 5.91 Å². The summed E-state index contributed by atoms with van der Waals surface area (Å²) in [6.45, 7) is 1.71. The Morgan fingerprint density at radius 2 is 1.77 bits per heavy atom. The normalized spacial score (nSPS) is 13.7. The van der Waals surface area contributed by atoms with E-state index in [0.29, 0.717) is 25.1 Å². The Bertz CT molecular complexity index is 847. The molecule has 2 aromatic carbocycles. The van der Waals surface area contributed by atoms with Gasteiger partial charge in [-0.05, 0) is 35.7 Å². The zero-order valence-corrected chi connectivity index (χ0v) is 14.3. The zero-order chi connectivity index (χ0) is 18.5. The Labute approximate surface area is 151 Å². The first-order valence-corrected chi connectivity index (χ1v) is 8.50. The van der Waals surface area contributed by atoms with E-state index in [-0.39, 0.29) is 17.4 Å². The van der Waals surface area contributed by atoms with Gasteiger partial charge in [0, 0.05) is 31.6 Å². The second-order valence-electron chi connectivity index (χ2n) is 6.31. The highest BCUT2D eigenvalue weighted by atomic mass is 16.4. The van der Waals surface area contributed by atoms with Crippen LogP contribution >= 0.6 is 0 Å². The molecule has 3 rings (SSSR count). The number of likely N-dealkylation sites (tertiary alicyclic amines) is 1. The highest BCUT2D eigenvalue weighted by Crippen LogP contribution is 2.15.